The standard InChI is InChI=1S/C52H31N3O2/c1-3-13-33(14-4-1)49-53-50(34-15-5-2-6-16-34)55-51(54-49)35-25-23-32(24-26-35)36-27-28-39-40-29-30-46-48(57-45-22-12-11-21-44(45)56-46)47(40)52(43(39)31-36)41-19-9-7-17-37(41)38-18-8-10-20-42(38)52/h1-31H. The normalized spacial score (nSPS) is 13.3. The lowest BCUT2D eigenvalue weighted by Gasteiger charge is -2.33. The molecule has 2 heterocycles. The van der Waals surface area contributed by atoms with Crippen molar-refractivity contribution in [2.24, 2.45) is 0 Å². The summed E-state index contributed by atoms with van der Waals surface area (Å²) < 4.78 is 13.4. The third-order valence-corrected chi connectivity index (χ3v) is 11.6. The fourth-order valence-electron chi connectivity index (χ4n) is 9.14. The average Bonchev–Trinajstić information content (AvgIpc) is 3.76. The van der Waals surface area contributed by atoms with E-state index in [0.717, 1.165) is 61.9 Å². The van der Waals surface area contributed by atoms with Gasteiger partial charge in [0.1, 0.15) is 0 Å². The second-order valence-electron chi connectivity index (χ2n) is 14.7. The Morgan fingerprint density at radius 1 is 0.316 bits per heavy atom. The Morgan fingerprint density at radius 2 is 0.772 bits per heavy atom. The van der Waals surface area contributed by atoms with Crippen LogP contribution < -0.4 is 9.47 Å². The van der Waals surface area contributed by atoms with E-state index in [-0.39, 0.29) is 0 Å². The minimum atomic E-state index is -0.624. The van der Waals surface area contributed by atoms with Crippen molar-refractivity contribution < 1.29 is 9.47 Å². The van der Waals surface area contributed by atoms with Crippen molar-refractivity contribution in [1.29, 1.82) is 0 Å². The molecular formula is C52H31N3O2. The molecule has 9 aromatic rings. The molecule has 8 aromatic carbocycles. The maximum Gasteiger partial charge on any atom is 0.175 e. The van der Waals surface area contributed by atoms with Crippen LogP contribution >= 0.6 is 0 Å². The predicted molar refractivity (Wildman–Crippen MR) is 224 cm³/mol. The van der Waals surface area contributed by atoms with Crippen LogP contribution in [-0.4, -0.2) is 15.0 Å². The van der Waals surface area contributed by atoms with Crippen molar-refractivity contribution in [1.82, 2.24) is 15.0 Å². The summed E-state index contributed by atoms with van der Waals surface area (Å²) >= 11 is 0. The van der Waals surface area contributed by atoms with Crippen LogP contribution in [0, 0.1) is 0 Å². The Balaban J connectivity index is 1.02. The molecule has 1 aliphatic heterocycles. The SMILES string of the molecule is c1ccc(-c2nc(-c3ccccc3)nc(-c3ccc(-c4ccc5c(c4)C4(c6ccccc6-c6ccccc64)c4c-5ccc5c4Oc4ccccc4O5)cc3)n2)cc1. The zero-order chi connectivity index (χ0) is 37.5. The smallest absolute Gasteiger partial charge is 0.175 e. The number of ether oxygens (including phenoxy) is 2. The first-order chi connectivity index (χ1) is 28.2. The lowest BCUT2D eigenvalue weighted by molar-refractivity contribution is 0.354. The van der Waals surface area contributed by atoms with Crippen molar-refractivity contribution in [3.8, 4) is 90.5 Å². The average molecular weight is 730 g/mol. The van der Waals surface area contributed by atoms with E-state index in [1.165, 1.54) is 33.4 Å². The number of hydrogen-bond donors (Lipinski definition) is 0. The summed E-state index contributed by atoms with van der Waals surface area (Å²) in [4.78, 5) is 14.8. The van der Waals surface area contributed by atoms with Crippen LogP contribution in [0.5, 0.6) is 23.0 Å². The summed E-state index contributed by atoms with van der Waals surface area (Å²) in [6.45, 7) is 0. The van der Waals surface area contributed by atoms with Gasteiger partial charge in [-0.05, 0) is 74.3 Å². The summed E-state index contributed by atoms with van der Waals surface area (Å²) in [7, 11) is 0. The second kappa shape index (κ2) is 12.2. The van der Waals surface area contributed by atoms with Gasteiger partial charge in [-0.15, -0.1) is 0 Å². The third kappa shape index (κ3) is 4.66. The minimum absolute atomic E-state index is 0.624. The molecule has 5 nitrogen and oxygen atoms in total. The molecule has 0 atom stereocenters. The molecule has 0 bridgehead atoms. The Morgan fingerprint density at radius 3 is 1.39 bits per heavy atom. The zero-order valence-electron chi connectivity index (χ0n) is 30.6. The van der Waals surface area contributed by atoms with E-state index in [1.54, 1.807) is 0 Å². The van der Waals surface area contributed by atoms with E-state index >= 15 is 0 Å². The molecule has 1 spiro atoms. The third-order valence-electron chi connectivity index (χ3n) is 11.6. The van der Waals surface area contributed by atoms with Gasteiger partial charge in [0.25, 0.3) is 0 Å². The van der Waals surface area contributed by atoms with E-state index < -0.39 is 5.41 Å². The summed E-state index contributed by atoms with van der Waals surface area (Å²) in [5.41, 5.74) is 14.0. The van der Waals surface area contributed by atoms with Gasteiger partial charge in [0.15, 0.2) is 40.5 Å². The van der Waals surface area contributed by atoms with Gasteiger partial charge in [0, 0.05) is 22.3 Å². The molecule has 0 saturated heterocycles. The van der Waals surface area contributed by atoms with Gasteiger partial charge in [-0.3, -0.25) is 0 Å². The molecular weight excluding hydrogens is 699 g/mol. The number of nitrogens with zero attached hydrogens (tertiary/aromatic N) is 3. The fourth-order valence-corrected chi connectivity index (χ4v) is 9.14. The maximum absolute atomic E-state index is 6.87. The van der Waals surface area contributed by atoms with Crippen molar-refractivity contribution in [2.75, 3.05) is 0 Å². The Bertz CT molecular complexity index is 2970. The number of hydrogen-bond acceptors (Lipinski definition) is 5. The molecule has 0 amide bonds. The highest BCUT2D eigenvalue weighted by molar-refractivity contribution is 5.98. The molecule has 5 heteroatoms. The first-order valence-electron chi connectivity index (χ1n) is 19.2. The summed E-state index contributed by atoms with van der Waals surface area (Å²) in [6, 6.07) is 65.5. The monoisotopic (exact) mass is 729 g/mol. The quantitative estimate of drug-likeness (QED) is 0.180. The summed E-state index contributed by atoms with van der Waals surface area (Å²) in [6.07, 6.45) is 0. The second-order valence-corrected chi connectivity index (χ2v) is 14.7. The predicted octanol–water partition coefficient (Wildman–Crippen LogP) is 12.8. The van der Waals surface area contributed by atoms with Crippen LogP contribution in [0.25, 0.3) is 67.5 Å². The molecule has 57 heavy (non-hydrogen) atoms. The van der Waals surface area contributed by atoms with Crippen molar-refractivity contribution in [3.05, 3.63) is 210 Å². The first-order valence-corrected chi connectivity index (χ1v) is 19.2. The minimum Gasteiger partial charge on any atom is -0.450 e. The maximum atomic E-state index is 6.87. The van der Waals surface area contributed by atoms with E-state index in [1.807, 2.05) is 84.9 Å². The number of fused-ring (bicyclic) bond motifs is 13. The van der Waals surface area contributed by atoms with Crippen LogP contribution in [-0.2, 0) is 5.41 Å². The van der Waals surface area contributed by atoms with Crippen molar-refractivity contribution in [2.45, 2.75) is 5.41 Å². The van der Waals surface area contributed by atoms with Crippen LogP contribution in [0.1, 0.15) is 22.3 Å². The number of para-hydroxylation sites is 2. The number of benzene rings is 8. The molecule has 1 aromatic heterocycles. The van der Waals surface area contributed by atoms with E-state index in [0.29, 0.717) is 17.5 Å². The molecule has 0 fully saturated rings. The van der Waals surface area contributed by atoms with Gasteiger partial charge in [-0.2, -0.15) is 0 Å². The largest absolute Gasteiger partial charge is 0.450 e. The van der Waals surface area contributed by atoms with Gasteiger partial charge in [-0.25, -0.2) is 15.0 Å². The van der Waals surface area contributed by atoms with Crippen molar-refractivity contribution >= 4 is 0 Å². The van der Waals surface area contributed by atoms with Gasteiger partial charge in [0.2, 0.25) is 0 Å². The molecule has 0 unspecified atom stereocenters. The van der Waals surface area contributed by atoms with Crippen molar-refractivity contribution in [3.63, 3.8) is 0 Å². The lowest BCUT2D eigenvalue weighted by atomic mass is 9.70. The molecule has 266 valence electrons. The molecule has 3 aliphatic rings. The van der Waals surface area contributed by atoms with Gasteiger partial charge in [-0.1, -0.05) is 164 Å². The Labute approximate surface area is 329 Å². The topological polar surface area (TPSA) is 57.1 Å². The van der Waals surface area contributed by atoms with Crippen LogP contribution in [0.2, 0.25) is 0 Å². The molecule has 0 saturated carbocycles. The molecule has 0 N–H and O–H groups in total. The number of aromatic nitrogens is 3. The highest BCUT2D eigenvalue weighted by Gasteiger charge is 2.54. The highest BCUT2D eigenvalue weighted by atomic mass is 16.6. The Hall–Kier alpha value is -7.63. The van der Waals surface area contributed by atoms with Crippen LogP contribution in [0.4, 0.5) is 0 Å². The fraction of sp³-hybridized carbons (Fsp3) is 0.0192. The summed E-state index contributed by atoms with van der Waals surface area (Å²) in [5.74, 6) is 4.84. The van der Waals surface area contributed by atoms with Crippen LogP contribution in [0.15, 0.2) is 188 Å². The van der Waals surface area contributed by atoms with Crippen LogP contribution in [0.3, 0.4) is 0 Å². The molecule has 0 radical (unpaired) electrons. The first kappa shape index (κ1) is 31.7. The van der Waals surface area contributed by atoms with E-state index in [4.69, 9.17) is 24.4 Å². The number of rotatable bonds is 4. The Kier molecular flexibility index (Phi) is 6.78. The molecule has 12 rings (SSSR count). The van der Waals surface area contributed by atoms with E-state index in [2.05, 4.69) is 103 Å². The lowest BCUT2D eigenvalue weighted by Crippen LogP contribution is -2.27. The molecule has 2 aliphatic carbocycles. The van der Waals surface area contributed by atoms with Gasteiger partial charge < -0.3 is 9.47 Å². The van der Waals surface area contributed by atoms with E-state index in [9.17, 15) is 0 Å². The van der Waals surface area contributed by atoms with Gasteiger partial charge >= 0.3 is 0 Å². The zero-order valence-corrected chi connectivity index (χ0v) is 30.6. The summed E-state index contributed by atoms with van der Waals surface area (Å²) in [5, 5.41) is 0. The highest BCUT2D eigenvalue weighted by Crippen LogP contribution is 2.67. The van der Waals surface area contributed by atoms with Gasteiger partial charge in [0.05, 0.1) is 5.41 Å².